The molecule has 0 bridgehead atoms. The smallest absolute Gasteiger partial charge is 0.179 e. The Morgan fingerprint density at radius 1 is 1.30 bits per heavy atom. The summed E-state index contributed by atoms with van der Waals surface area (Å²) in [5.74, 6) is 1.02. The van der Waals surface area contributed by atoms with Gasteiger partial charge in [-0.15, -0.1) is 11.3 Å². The highest BCUT2D eigenvalue weighted by molar-refractivity contribution is 7.11. The van der Waals surface area contributed by atoms with E-state index >= 15 is 0 Å². The third kappa shape index (κ3) is 4.30. The summed E-state index contributed by atoms with van der Waals surface area (Å²) in [5, 5.41) is 12.6. The highest BCUT2D eigenvalue weighted by atomic mass is 35.5. The highest BCUT2D eigenvalue weighted by Crippen LogP contribution is 2.37. The number of hydrogen-bond donors (Lipinski definition) is 0. The van der Waals surface area contributed by atoms with Gasteiger partial charge in [-0.1, -0.05) is 41.9 Å². The minimum absolute atomic E-state index is 0.434. The van der Waals surface area contributed by atoms with E-state index in [2.05, 4.69) is 11.1 Å². The van der Waals surface area contributed by atoms with Gasteiger partial charge in [-0.25, -0.2) is 4.98 Å². The van der Waals surface area contributed by atoms with E-state index in [1.54, 1.807) is 25.3 Å². The Labute approximate surface area is 167 Å². The normalized spacial score (nSPS) is 11.1. The molecule has 136 valence electrons. The molecule has 0 aliphatic heterocycles. The number of benzene rings is 2. The van der Waals surface area contributed by atoms with Crippen LogP contribution in [0.1, 0.15) is 17.5 Å². The molecule has 3 aromatic rings. The second-order valence-corrected chi connectivity index (χ2v) is 6.81. The third-order valence-corrected chi connectivity index (χ3v) is 4.93. The first-order valence-electron chi connectivity index (χ1n) is 8.29. The van der Waals surface area contributed by atoms with Crippen LogP contribution >= 0.6 is 22.9 Å². The van der Waals surface area contributed by atoms with Crippen LogP contribution in [0.4, 0.5) is 0 Å². The number of allylic oxidation sites excluding steroid dienone is 1. The Morgan fingerprint density at radius 2 is 2.07 bits per heavy atom. The number of hydrogen-bond acceptors (Lipinski definition) is 5. The number of methoxy groups -OCH3 is 1. The molecule has 0 amide bonds. The van der Waals surface area contributed by atoms with Gasteiger partial charge in [0.15, 0.2) is 11.5 Å². The summed E-state index contributed by atoms with van der Waals surface area (Å²) in [7, 11) is 1.56. The van der Waals surface area contributed by atoms with Crippen molar-refractivity contribution >= 4 is 34.6 Å². The van der Waals surface area contributed by atoms with Gasteiger partial charge in [0.2, 0.25) is 0 Å². The van der Waals surface area contributed by atoms with Crippen LogP contribution < -0.4 is 9.47 Å². The number of rotatable bonds is 6. The third-order valence-electron chi connectivity index (χ3n) is 3.78. The molecular weight excluding hydrogens is 380 g/mol. The molecule has 0 N–H and O–H groups in total. The van der Waals surface area contributed by atoms with Crippen molar-refractivity contribution in [2.75, 3.05) is 13.7 Å². The quantitative estimate of drug-likeness (QED) is 0.484. The topological polar surface area (TPSA) is 55.1 Å². The number of ether oxygens (including phenoxy) is 2. The molecule has 1 heterocycles. The predicted molar refractivity (Wildman–Crippen MR) is 110 cm³/mol. The first-order valence-corrected chi connectivity index (χ1v) is 9.55. The van der Waals surface area contributed by atoms with Gasteiger partial charge in [0.1, 0.15) is 11.1 Å². The lowest BCUT2D eigenvalue weighted by atomic mass is 10.1. The zero-order chi connectivity index (χ0) is 19.2. The van der Waals surface area contributed by atoms with E-state index < -0.39 is 0 Å². The van der Waals surface area contributed by atoms with Crippen LogP contribution in [0.3, 0.4) is 0 Å². The molecule has 2 aromatic carbocycles. The monoisotopic (exact) mass is 396 g/mol. The maximum Gasteiger partial charge on any atom is 0.179 e. The van der Waals surface area contributed by atoms with Crippen molar-refractivity contribution < 1.29 is 9.47 Å². The fourth-order valence-corrected chi connectivity index (χ4v) is 3.62. The molecule has 0 spiro atoms. The maximum absolute atomic E-state index is 9.61. The van der Waals surface area contributed by atoms with Crippen LogP contribution in [0.25, 0.3) is 22.9 Å². The fourth-order valence-electron chi connectivity index (χ4n) is 2.55. The number of halogens is 1. The SMILES string of the molecule is CCOc1c(Cl)cc(/C=C(/C#N)c2nc(-c3ccccc3)cs2)cc1OC. The van der Waals surface area contributed by atoms with E-state index in [0.717, 1.165) is 16.8 Å². The van der Waals surface area contributed by atoms with Crippen molar-refractivity contribution in [3.63, 3.8) is 0 Å². The lowest BCUT2D eigenvalue weighted by Crippen LogP contribution is -1.96. The second kappa shape index (κ2) is 8.72. The van der Waals surface area contributed by atoms with Crippen molar-refractivity contribution in [3.8, 4) is 28.8 Å². The highest BCUT2D eigenvalue weighted by Gasteiger charge is 2.13. The van der Waals surface area contributed by atoms with Crippen molar-refractivity contribution in [1.29, 1.82) is 5.26 Å². The Hall–Kier alpha value is -2.81. The van der Waals surface area contributed by atoms with Crippen molar-refractivity contribution in [2.24, 2.45) is 0 Å². The molecule has 0 fully saturated rings. The van der Waals surface area contributed by atoms with E-state index in [9.17, 15) is 5.26 Å². The summed E-state index contributed by atoms with van der Waals surface area (Å²) < 4.78 is 10.9. The van der Waals surface area contributed by atoms with E-state index in [0.29, 0.717) is 33.7 Å². The van der Waals surface area contributed by atoms with E-state index in [1.807, 2.05) is 42.6 Å². The van der Waals surface area contributed by atoms with E-state index in [4.69, 9.17) is 21.1 Å². The summed E-state index contributed by atoms with van der Waals surface area (Å²) in [6.45, 7) is 2.36. The van der Waals surface area contributed by atoms with Crippen molar-refractivity contribution in [2.45, 2.75) is 6.92 Å². The molecule has 0 radical (unpaired) electrons. The molecule has 0 saturated heterocycles. The van der Waals surface area contributed by atoms with Crippen LogP contribution in [0, 0.1) is 11.3 Å². The molecule has 1 aromatic heterocycles. The summed E-state index contributed by atoms with van der Waals surface area (Å²) in [5.41, 5.74) is 3.07. The van der Waals surface area contributed by atoms with Gasteiger partial charge >= 0.3 is 0 Å². The molecule has 4 nitrogen and oxygen atoms in total. The molecular formula is C21H17ClN2O2S. The van der Waals surface area contributed by atoms with Gasteiger partial charge in [0.25, 0.3) is 0 Å². The van der Waals surface area contributed by atoms with Crippen LogP contribution in [-0.2, 0) is 0 Å². The molecule has 27 heavy (non-hydrogen) atoms. The van der Waals surface area contributed by atoms with Crippen LogP contribution in [-0.4, -0.2) is 18.7 Å². The Bertz CT molecular complexity index is 1010. The summed E-state index contributed by atoms with van der Waals surface area (Å²) in [4.78, 5) is 4.60. The zero-order valence-electron chi connectivity index (χ0n) is 14.9. The standard InChI is InChI=1S/C21H17ClN2O2S/c1-3-26-20-17(22)10-14(11-19(20)25-2)9-16(12-23)21-24-18(13-27-21)15-7-5-4-6-8-15/h4-11,13H,3H2,1-2H3/b16-9-. The maximum atomic E-state index is 9.61. The minimum atomic E-state index is 0.434. The Balaban J connectivity index is 1.97. The van der Waals surface area contributed by atoms with Crippen LogP contribution in [0.5, 0.6) is 11.5 Å². The number of thiazole rings is 1. The molecule has 0 aliphatic rings. The average Bonchev–Trinajstić information content (AvgIpc) is 3.18. The van der Waals surface area contributed by atoms with E-state index in [1.165, 1.54) is 11.3 Å². The predicted octanol–water partition coefficient (Wildman–Crippen LogP) is 5.93. The molecule has 0 saturated carbocycles. The van der Waals surface area contributed by atoms with Crippen molar-refractivity contribution in [1.82, 2.24) is 4.98 Å². The molecule has 0 unspecified atom stereocenters. The lowest BCUT2D eigenvalue weighted by molar-refractivity contribution is 0.311. The van der Waals surface area contributed by atoms with Gasteiger partial charge in [0, 0.05) is 10.9 Å². The number of nitrogens with zero attached hydrogens (tertiary/aromatic N) is 2. The second-order valence-electron chi connectivity index (χ2n) is 5.54. The summed E-state index contributed by atoms with van der Waals surface area (Å²) in [6, 6.07) is 15.6. The van der Waals surface area contributed by atoms with E-state index in [-0.39, 0.29) is 0 Å². The summed E-state index contributed by atoms with van der Waals surface area (Å²) in [6.07, 6.45) is 1.75. The number of nitriles is 1. The van der Waals surface area contributed by atoms with Crippen LogP contribution in [0.15, 0.2) is 47.8 Å². The van der Waals surface area contributed by atoms with Gasteiger partial charge < -0.3 is 9.47 Å². The summed E-state index contributed by atoms with van der Waals surface area (Å²) >= 11 is 7.75. The minimum Gasteiger partial charge on any atom is -0.493 e. The largest absolute Gasteiger partial charge is 0.493 e. The molecule has 0 atom stereocenters. The molecule has 0 aliphatic carbocycles. The Morgan fingerprint density at radius 3 is 2.74 bits per heavy atom. The zero-order valence-corrected chi connectivity index (χ0v) is 16.5. The van der Waals surface area contributed by atoms with Crippen LogP contribution in [0.2, 0.25) is 5.02 Å². The van der Waals surface area contributed by atoms with Crippen molar-refractivity contribution in [3.05, 3.63) is 63.4 Å². The van der Waals surface area contributed by atoms with Gasteiger partial charge in [-0.05, 0) is 30.7 Å². The lowest BCUT2D eigenvalue weighted by Gasteiger charge is -2.12. The van der Waals surface area contributed by atoms with Gasteiger partial charge in [-0.3, -0.25) is 0 Å². The fraction of sp³-hybridized carbons (Fsp3) is 0.143. The molecule has 3 rings (SSSR count). The Kier molecular flexibility index (Phi) is 6.12. The first kappa shape index (κ1) is 19.0. The van der Waals surface area contributed by atoms with Gasteiger partial charge in [0.05, 0.1) is 30.0 Å². The number of aromatic nitrogens is 1. The average molecular weight is 397 g/mol. The molecule has 6 heteroatoms. The van der Waals surface area contributed by atoms with Gasteiger partial charge in [-0.2, -0.15) is 5.26 Å². The first-order chi connectivity index (χ1) is 13.2.